The predicted octanol–water partition coefficient (Wildman–Crippen LogP) is 2.44. The van der Waals surface area contributed by atoms with Crippen LogP contribution in [0.5, 0.6) is 0 Å². The maximum atomic E-state index is 11.2. The number of hydrogen-bond donors (Lipinski definition) is 0. The Balaban J connectivity index is 0. The minimum Gasteiger partial charge on any atom is -0.391 e. The molecule has 0 saturated heterocycles. The van der Waals surface area contributed by atoms with Gasteiger partial charge in [-0.3, -0.25) is 6.08 Å². The molecule has 3 heteroatoms. The Morgan fingerprint density at radius 2 is 1.73 bits per heavy atom. The normalized spacial score (nSPS) is 9.73. The van der Waals surface area contributed by atoms with Crippen molar-refractivity contribution in [3.8, 4) is 0 Å². The molecule has 0 aromatic carbocycles. The molecule has 0 fully saturated rings. The zero-order valence-corrected chi connectivity index (χ0v) is 12.2. The topological polar surface area (TPSA) is 34.1 Å². The number of ketones is 2. The van der Waals surface area contributed by atoms with Gasteiger partial charge in [-0.25, -0.2) is 0 Å². The van der Waals surface area contributed by atoms with Gasteiger partial charge in [-0.2, -0.15) is 0 Å². The van der Waals surface area contributed by atoms with E-state index in [0.29, 0.717) is 12.8 Å². The Kier molecular flexibility index (Phi) is 12.1. The third-order valence-electron chi connectivity index (χ3n) is 1.66. The van der Waals surface area contributed by atoms with Gasteiger partial charge in [-0.15, -0.1) is 0 Å². The van der Waals surface area contributed by atoms with Crippen LogP contribution in [0.1, 0.15) is 39.5 Å². The monoisotopic (exact) mass is 281 g/mol. The first-order valence-corrected chi connectivity index (χ1v) is 4.90. The van der Waals surface area contributed by atoms with Crippen LogP contribution < -0.4 is 0 Å². The van der Waals surface area contributed by atoms with Gasteiger partial charge in [0.2, 0.25) is 0 Å². The molecular formula is C12H16O2Y-2. The third-order valence-corrected chi connectivity index (χ3v) is 1.66. The summed E-state index contributed by atoms with van der Waals surface area (Å²) >= 11 is 0. The number of allylic oxidation sites excluding steroid dienone is 3. The van der Waals surface area contributed by atoms with E-state index in [1.807, 2.05) is 13.8 Å². The summed E-state index contributed by atoms with van der Waals surface area (Å²) in [5.74, 6) is -0.232. The molecule has 0 atom stereocenters. The van der Waals surface area contributed by atoms with E-state index in [1.54, 1.807) is 0 Å². The number of carbonyl (C=O) groups is 2. The molecule has 15 heavy (non-hydrogen) atoms. The van der Waals surface area contributed by atoms with Crippen LogP contribution in [0.15, 0.2) is 11.6 Å². The molecule has 0 aliphatic rings. The van der Waals surface area contributed by atoms with Gasteiger partial charge in [0.05, 0.1) is 5.78 Å². The molecule has 0 aliphatic carbocycles. The van der Waals surface area contributed by atoms with Gasteiger partial charge in [0.25, 0.3) is 0 Å². The molecule has 0 rings (SSSR count). The molecule has 0 aliphatic heterocycles. The molecule has 0 aromatic rings. The first kappa shape index (κ1) is 17.3. The van der Waals surface area contributed by atoms with Crippen molar-refractivity contribution in [1.29, 1.82) is 0 Å². The van der Waals surface area contributed by atoms with Crippen LogP contribution in [0.3, 0.4) is 0 Å². The average Bonchev–Trinajstić information content (AvgIpc) is 2.15. The van der Waals surface area contributed by atoms with Crippen molar-refractivity contribution in [1.82, 2.24) is 0 Å². The summed E-state index contributed by atoms with van der Waals surface area (Å²) in [5, 5.41) is 0. The minimum absolute atomic E-state index is 0. The van der Waals surface area contributed by atoms with Crippen LogP contribution in [0, 0.1) is 12.7 Å². The zero-order chi connectivity index (χ0) is 11.0. The minimum atomic E-state index is -0.121. The Labute approximate surface area is 117 Å². The molecule has 0 N–H and O–H groups in total. The Hall–Kier alpha value is -0.0761. The van der Waals surface area contributed by atoms with Crippen LogP contribution in [0.25, 0.3) is 0 Å². The fourth-order valence-electron chi connectivity index (χ4n) is 0.909. The van der Waals surface area contributed by atoms with E-state index < -0.39 is 0 Å². The summed E-state index contributed by atoms with van der Waals surface area (Å²) < 4.78 is 0. The number of carbonyl (C=O) groups excluding carboxylic acids is 2. The van der Waals surface area contributed by atoms with Crippen LogP contribution in [-0.4, -0.2) is 11.6 Å². The van der Waals surface area contributed by atoms with Crippen LogP contribution in [0.2, 0.25) is 0 Å². The second-order valence-corrected chi connectivity index (χ2v) is 3.09. The second-order valence-electron chi connectivity index (χ2n) is 3.09. The molecule has 2 nitrogen and oxygen atoms in total. The Morgan fingerprint density at radius 3 is 2.20 bits per heavy atom. The van der Waals surface area contributed by atoms with E-state index in [1.165, 1.54) is 6.08 Å². The van der Waals surface area contributed by atoms with Gasteiger partial charge in [0.15, 0.2) is 0 Å². The fourth-order valence-corrected chi connectivity index (χ4v) is 0.909. The number of hydrogen-bond acceptors (Lipinski definition) is 2. The Bertz CT molecular complexity index is 254. The summed E-state index contributed by atoms with van der Waals surface area (Å²) in [7, 11) is 0. The van der Waals surface area contributed by atoms with E-state index >= 15 is 0 Å². The van der Waals surface area contributed by atoms with Gasteiger partial charge in [-0.05, 0) is 12.2 Å². The van der Waals surface area contributed by atoms with Crippen molar-refractivity contribution < 1.29 is 42.3 Å². The van der Waals surface area contributed by atoms with Gasteiger partial charge in [0, 0.05) is 32.7 Å². The van der Waals surface area contributed by atoms with Crippen molar-refractivity contribution in [2.75, 3.05) is 0 Å². The Morgan fingerprint density at radius 1 is 1.20 bits per heavy atom. The third kappa shape index (κ3) is 8.89. The van der Waals surface area contributed by atoms with Crippen LogP contribution in [-0.2, 0) is 42.3 Å². The molecule has 81 valence electrons. The molecule has 1 radical (unpaired) electrons. The second kappa shape index (κ2) is 10.4. The summed E-state index contributed by atoms with van der Waals surface area (Å²) in [4.78, 5) is 22.2. The molecular weight excluding hydrogens is 265 g/mol. The summed E-state index contributed by atoms with van der Waals surface area (Å²) in [6.07, 6.45) is 6.18. The van der Waals surface area contributed by atoms with Gasteiger partial charge in [-0.1, -0.05) is 33.1 Å². The standard InChI is InChI=1S/C12H16O2.Y/c1-4-6-11(13)9-8-10(3)12(14)7-5-2;/h3,8H,4-7H2,1-2H3;/q-2;. The SMILES string of the molecule is [CH-]=C(C=[C-]C(=O)CCC)C(=O)CCC.[Y]. The van der Waals surface area contributed by atoms with Crippen molar-refractivity contribution >= 4 is 11.6 Å². The van der Waals surface area contributed by atoms with Crippen molar-refractivity contribution in [2.45, 2.75) is 39.5 Å². The van der Waals surface area contributed by atoms with E-state index in [4.69, 9.17) is 6.58 Å². The number of rotatable bonds is 7. The van der Waals surface area contributed by atoms with E-state index in [-0.39, 0.29) is 49.8 Å². The van der Waals surface area contributed by atoms with Crippen LogP contribution >= 0.6 is 0 Å². The van der Waals surface area contributed by atoms with Crippen molar-refractivity contribution in [3.63, 3.8) is 0 Å². The first-order chi connectivity index (χ1) is 6.61. The van der Waals surface area contributed by atoms with Crippen LogP contribution in [0.4, 0.5) is 0 Å². The van der Waals surface area contributed by atoms with Gasteiger partial charge >= 0.3 is 0 Å². The maximum Gasteiger partial charge on any atom is 0.0545 e. The molecule has 0 spiro atoms. The van der Waals surface area contributed by atoms with E-state index in [2.05, 4.69) is 6.08 Å². The zero-order valence-electron chi connectivity index (χ0n) is 9.38. The van der Waals surface area contributed by atoms with E-state index in [9.17, 15) is 9.59 Å². The predicted molar refractivity (Wildman–Crippen MR) is 55.5 cm³/mol. The summed E-state index contributed by atoms with van der Waals surface area (Å²) in [5.41, 5.74) is 0.122. The molecule has 0 amide bonds. The molecule has 0 unspecified atom stereocenters. The quantitative estimate of drug-likeness (QED) is 0.408. The van der Waals surface area contributed by atoms with Gasteiger partial charge < -0.3 is 27.8 Å². The summed E-state index contributed by atoms with van der Waals surface area (Å²) in [6.45, 7) is 9.26. The van der Waals surface area contributed by atoms with E-state index in [0.717, 1.165) is 12.8 Å². The fraction of sp³-hybridized carbons (Fsp3) is 0.500. The first-order valence-electron chi connectivity index (χ1n) is 4.90. The smallest absolute Gasteiger partial charge is 0.0545 e. The molecule has 0 aromatic heterocycles. The van der Waals surface area contributed by atoms with Crippen molar-refractivity contribution in [2.24, 2.45) is 0 Å². The van der Waals surface area contributed by atoms with Gasteiger partial charge in [0.1, 0.15) is 0 Å². The molecule has 0 heterocycles. The average molecular weight is 281 g/mol. The molecule has 0 saturated carbocycles. The largest absolute Gasteiger partial charge is 0.391 e. The number of Topliss-reactive ketones (excluding diaryl/α,β-unsaturated/α-hetero) is 2. The van der Waals surface area contributed by atoms with Crippen molar-refractivity contribution in [3.05, 3.63) is 24.3 Å². The maximum absolute atomic E-state index is 11.2. The molecule has 0 bridgehead atoms. The summed E-state index contributed by atoms with van der Waals surface area (Å²) in [6, 6.07) is 0.